The molecule has 1 unspecified atom stereocenters. The number of methoxy groups -OCH3 is 1. The lowest BCUT2D eigenvalue weighted by Crippen LogP contribution is -2.13. The minimum absolute atomic E-state index is 0.336. The van der Waals surface area contributed by atoms with Crippen LogP contribution in [0.25, 0.3) is 0 Å². The van der Waals surface area contributed by atoms with E-state index < -0.39 is 6.04 Å². The average molecular weight is 246 g/mol. The smallest absolute Gasteiger partial charge is 0.124 e. The van der Waals surface area contributed by atoms with Crippen LogP contribution >= 0.6 is 0 Å². The number of nitrogens with two attached hydrogens (primary N) is 2. The Balaban J connectivity index is 2.41. The zero-order valence-corrected chi connectivity index (χ0v) is 10.1. The van der Waals surface area contributed by atoms with E-state index in [0.29, 0.717) is 17.0 Å². The Bertz CT molecular complexity index is 540. The van der Waals surface area contributed by atoms with Crippen molar-refractivity contribution >= 4 is 5.69 Å². The summed E-state index contributed by atoms with van der Waals surface area (Å²) in [6, 6.07) is 11.0. The Morgan fingerprint density at radius 3 is 2.39 bits per heavy atom. The van der Waals surface area contributed by atoms with E-state index in [-0.39, 0.29) is 5.82 Å². The number of nitrogen functional groups attached to an aromatic ring is 1. The second-order valence-electron chi connectivity index (χ2n) is 4.03. The highest BCUT2D eigenvalue weighted by molar-refractivity contribution is 5.45. The van der Waals surface area contributed by atoms with Crippen molar-refractivity contribution in [3.05, 3.63) is 59.4 Å². The van der Waals surface area contributed by atoms with Gasteiger partial charge >= 0.3 is 0 Å². The molecule has 4 N–H and O–H groups in total. The minimum Gasteiger partial charge on any atom is -0.496 e. The van der Waals surface area contributed by atoms with Gasteiger partial charge in [0, 0.05) is 11.3 Å². The van der Waals surface area contributed by atoms with Gasteiger partial charge in [0.15, 0.2) is 0 Å². The molecule has 0 bridgehead atoms. The molecule has 2 aromatic carbocycles. The zero-order chi connectivity index (χ0) is 13.1. The molecule has 0 saturated carbocycles. The molecule has 0 aliphatic rings. The van der Waals surface area contributed by atoms with E-state index in [4.69, 9.17) is 16.2 Å². The quantitative estimate of drug-likeness (QED) is 0.818. The van der Waals surface area contributed by atoms with Crippen LogP contribution in [0.15, 0.2) is 42.5 Å². The van der Waals surface area contributed by atoms with Crippen LogP contribution in [0.5, 0.6) is 5.75 Å². The summed E-state index contributed by atoms with van der Waals surface area (Å²) in [5, 5.41) is 0. The second kappa shape index (κ2) is 5.06. The van der Waals surface area contributed by atoms with Gasteiger partial charge in [-0.05, 0) is 35.9 Å². The van der Waals surface area contributed by atoms with E-state index in [1.54, 1.807) is 18.2 Å². The largest absolute Gasteiger partial charge is 0.496 e. The molecule has 4 heteroatoms. The molecule has 1 atom stereocenters. The number of anilines is 1. The molecule has 0 radical (unpaired) electrons. The second-order valence-corrected chi connectivity index (χ2v) is 4.03. The third-order valence-electron chi connectivity index (χ3n) is 2.82. The first-order valence-corrected chi connectivity index (χ1v) is 5.56. The Labute approximate surface area is 105 Å². The van der Waals surface area contributed by atoms with Crippen LogP contribution in [0.3, 0.4) is 0 Å². The first kappa shape index (κ1) is 12.4. The van der Waals surface area contributed by atoms with Crippen LogP contribution < -0.4 is 16.2 Å². The van der Waals surface area contributed by atoms with Crippen molar-refractivity contribution in [2.75, 3.05) is 12.8 Å². The Hall–Kier alpha value is -2.07. The maximum Gasteiger partial charge on any atom is 0.124 e. The molecular formula is C14H15FN2O. The molecule has 0 aliphatic heterocycles. The van der Waals surface area contributed by atoms with Crippen molar-refractivity contribution in [1.82, 2.24) is 0 Å². The molecule has 2 aromatic rings. The van der Waals surface area contributed by atoms with Crippen LogP contribution in [0, 0.1) is 5.82 Å². The molecule has 94 valence electrons. The van der Waals surface area contributed by atoms with E-state index >= 15 is 0 Å². The van der Waals surface area contributed by atoms with Crippen molar-refractivity contribution in [1.29, 1.82) is 0 Å². The topological polar surface area (TPSA) is 61.3 Å². The minimum atomic E-state index is -0.448. The van der Waals surface area contributed by atoms with Gasteiger partial charge in [-0.25, -0.2) is 4.39 Å². The van der Waals surface area contributed by atoms with Gasteiger partial charge in [-0.1, -0.05) is 12.1 Å². The molecule has 0 heterocycles. The monoisotopic (exact) mass is 246 g/mol. The molecule has 0 saturated heterocycles. The third kappa shape index (κ3) is 2.43. The van der Waals surface area contributed by atoms with E-state index in [0.717, 1.165) is 5.56 Å². The van der Waals surface area contributed by atoms with Gasteiger partial charge in [0.2, 0.25) is 0 Å². The first-order valence-electron chi connectivity index (χ1n) is 5.56. The summed E-state index contributed by atoms with van der Waals surface area (Å²) in [5.41, 5.74) is 13.9. The van der Waals surface area contributed by atoms with Gasteiger partial charge < -0.3 is 16.2 Å². The number of rotatable bonds is 3. The van der Waals surface area contributed by atoms with Crippen molar-refractivity contribution in [3.63, 3.8) is 0 Å². The van der Waals surface area contributed by atoms with E-state index in [1.165, 1.54) is 19.2 Å². The molecule has 0 aromatic heterocycles. The van der Waals surface area contributed by atoms with Crippen LogP contribution in [0.4, 0.5) is 10.1 Å². The number of ether oxygens (including phenoxy) is 1. The SMILES string of the molecule is COc1ccc(F)cc1C(N)c1ccc(N)cc1. The van der Waals surface area contributed by atoms with E-state index in [9.17, 15) is 4.39 Å². The predicted octanol–water partition coefficient (Wildman–Crippen LogP) is 2.46. The van der Waals surface area contributed by atoms with Crippen molar-refractivity contribution in [2.24, 2.45) is 5.73 Å². The van der Waals surface area contributed by atoms with Crippen molar-refractivity contribution in [3.8, 4) is 5.75 Å². The molecule has 0 amide bonds. The Morgan fingerprint density at radius 1 is 1.11 bits per heavy atom. The normalized spacial score (nSPS) is 12.2. The standard InChI is InChI=1S/C14H15FN2O/c1-18-13-7-4-10(15)8-12(13)14(17)9-2-5-11(16)6-3-9/h2-8,14H,16-17H2,1H3. The summed E-state index contributed by atoms with van der Waals surface area (Å²) < 4.78 is 18.5. The predicted molar refractivity (Wildman–Crippen MR) is 69.8 cm³/mol. The zero-order valence-electron chi connectivity index (χ0n) is 10.1. The van der Waals surface area contributed by atoms with Gasteiger partial charge in [0.05, 0.1) is 13.2 Å². The number of benzene rings is 2. The molecule has 0 spiro atoms. The molecule has 2 rings (SSSR count). The fourth-order valence-electron chi connectivity index (χ4n) is 1.83. The maximum atomic E-state index is 13.3. The first-order chi connectivity index (χ1) is 8.61. The molecule has 0 aliphatic carbocycles. The van der Waals surface area contributed by atoms with Crippen molar-refractivity contribution in [2.45, 2.75) is 6.04 Å². The lowest BCUT2D eigenvalue weighted by atomic mass is 9.98. The summed E-state index contributed by atoms with van der Waals surface area (Å²) in [6.07, 6.45) is 0. The van der Waals surface area contributed by atoms with Crippen LogP contribution in [0.2, 0.25) is 0 Å². The van der Waals surface area contributed by atoms with Gasteiger partial charge in [0.25, 0.3) is 0 Å². The fraction of sp³-hybridized carbons (Fsp3) is 0.143. The third-order valence-corrected chi connectivity index (χ3v) is 2.82. The lowest BCUT2D eigenvalue weighted by Gasteiger charge is -2.16. The van der Waals surface area contributed by atoms with E-state index in [1.807, 2.05) is 12.1 Å². The Morgan fingerprint density at radius 2 is 1.78 bits per heavy atom. The van der Waals surface area contributed by atoms with Crippen molar-refractivity contribution < 1.29 is 9.13 Å². The average Bonchev–Trinajstić information content (AvgIpc) is 2.39. The van der Waals surface area contributed by atoms with Gasteiger partial charge in [-0.2, -0.15) is 0 Å². The molecular weight excluding hydrogens is 231 g/mol. The molecule has 18 heavy (non-hydrogen) atoms. The summed E-state index contributed by atoms with van der Waals surface area (Å²) in [4.78, 5) is 0. The molecule has 3 nitrogen and oxygen atoms in total. The summed E-state index contributed by atoms with van der Waals surface area (Å²) in [6.45, 7) is 0. The number of hydrogen-bond acceptors (Lipinski definition) is 3. The summed E-state index contributed by atoms with van der Waals surface area (Å²) in [5.74, 6) is 0.234. The number of hydrogen-bond donors (Lipinski definition) is 2. The van der Waals surface area contributed by atoms with E-state index in [2.05, 4.69) is 0 Å². The number of halogens is 1. The summed E-state index contributed by atoms with van der Waals surface area (Å²) >= 11 is 0. The van der Waals surface area contributed by atoms with Crippen LogP contribution in [-0.4, -0.2) is 7.11 Å². The van der Waals surface area contributed by atoms with Gasteiger partial charge in [-0.15, -0.1) is 0 Å². The van der Waals surface area contributed by atoms with Crippen LogP contribution in [0.1, 0.15) is 17.2 Å². The van der Waals surface area contributed by atoms with Crippen LogP contribution in [-0.2, 0) is 0 Å². The molecule has 0 fully saturated rings. The highest BCUT2D eigenvalue weighted by Crippen LogP contribution is 2.29. The lowest BCUT2D eigenvalue weighted by molar-refractivity contribution is 0.406. The maximum absolute atomic E-state index is 13.3. The fourth-order valence-corrected chi connectivity index (χ4v) is 1.83. The highest BCUT2D eigenvalue weighted by atomic mass is 19.1. The summed E-state index contributed by atoms with van der Waals surface area (Å²) in [7, 11) is 1.53. The Kier molecular flexibility index (Phi) is 3.48. The van der Waals surface area contributed by atoms with Gasteiger partial charge in [-0.3, -0.25) is 0 Å². The van der Waals surface area contributed by atoms with Gasteiger partial charge in [0.1, 0.15) is 11.6 Å². The highest BCUT2D eigenvalue weighted by Gasteiger charge is 2.14.